The van der Waals surface area contributed by atoms with Crippen molar-refractivity contribution in [1.29, 1.82) is 0 Å². The molecular formula is C19H22N2O3. The van der Waals surface area contributed by atoms with E-state index in [9.17, 15) is 4.79 Å². The van der Waals surface area contributed by atoms with E-state index in [1.54, 1.807) is 0 Å². The number of carbonyl (C=O) groups excluding carboxylic acids is 1. The molecule has 1 heterocycles. The standard InChI is InChI=1S/C19H22N2O3/c20-16(11-14-5-2-1-3-6-14)19(22)21-13-15-7-8-17-18(12-15)24-10-4-9-23-17/h1-3,5-8,12,16H,4,9-11,13,20H2,(H,21,22)/t16-/m0/s1. The van der Waals surface area contributed by atoms with Gasteiger partial charge in [0.1, 0.15) is 0 Å². The van der Waals surface area contributed by atoms with Gasteiger partial charge < -0.3 is 20.5 Å². The maximum Gasteiger partial charge on any atom is 0.237 e. The minimum Gasteiger partial charge on any atom is -0.490 e. The number of carbonyl (C=O) groups is 1. The molecule has 126 valence electrons. The summed E-state index contributed by atoms with van der Waals surface area (Å²) in [5, 5.41) is 2.88. The van der Waals surface area contributed by atoms with Crippen LogP contribution in [0.5, 0.6) is 11.5 Å². The Hall–Kier alpha value is -2.53. The lowest BCUT2D eigenvalue weighted by Crippen LogP contribution is -2.41. The van der Waals surface area contributed by atoms with E-state index < -0.39 is 6.04 Å². The zero-order chi connectivity index (χ0) is 16.8. The molecule has 5 heteroatoms. The second-order valence-corrected chi connectivity index (χ2v) is 5.85. The quantitative estimate of drug-likeness (QED) is 0.882. The third kappa shape index (κ3) is 4.26. The molecule has 3 N–H and O–H groups in total. The first-order chi connectivity index (χ1) is 11.7. The molecule has 0 spiro atoms. The zero-order valence-electron chi connectivity index (χ0n) is 13.5. The van der Waals surface area contributed by atoms with Gasteiger partial charge in [0.15, 0.2) is 11.5 Å². The van der Waals surface area contributed by atoms with Crippen LogP contribution in [0.1, 0.15) is 17.5 Å². The predicted octanol–water partition coefficient (Wildman–Crippen LogP) is 2.03. The van der Waals surface area contributed by atoms with E-state index in [1.807, 2.05) is 48.5 Å². The van der Waals surface area contributed by atoms with Crippen LogP contribution in [0.25, 0.3) is 0 Å². The van der Waals surface area contributed by atoms with E-state index in [1.165, 1.54) is 0 Å². The second kappa shape index (κ2) is 7.84. The number of hydrogen-bond acceptors (Lipinski definition) is 4. The highest BCUT2D eigenvalue weighted by atomic mass is 16.5. The van der Waals surface area contributed by atoms with Crippen LogP contribution < -0.4 is 20.5 Å². The first kappa shape index (κ1) is 16.3. The third-order valence-corrected chi connectivity index (χ3v) is 3.91. The highest BCUT2D eigenvalue weighted by Crippen LogP contribution is 2.30. The molecule has 1 aliphatic rings. The van der Waals surface area contributed by atoms with E-state index >= 15 is 0 Å². The molecule has 1 amide bonds. The van der Waals surface area contributed by atoms with Crippen LogP contribution >= 0.6 is 0 Å². The maximum atomic E-state index is 12.2. The van der Waals surface area contributed by atoms with Crippen molar-refractivity contribution >= 4 is 5.91 Å². The Morgan fingerprint density at radius 3 is 2.58 bits per heavy atom. The van der Waals surface area contributed by atoms with Crippen molar-refractivity contribution in [2.75, 3.05) is 13.2 Å². The number of nitrogens with two attached hydrogens (primary N) is 1. The highest BCUT2D eigenvalue weighted by Gasteiger charge is 2.15. The van der Waals surface area contributed by atoms with Gasteiger partial charge in [0.2, 0.25) is 5.91 Å². The van der Waals surface area contributed by atoms with Gasteiger partial charge in [-0.05, 0) is 29.7 Å². The minimum absolute atomic E-state index is 0.161. The molecule has 3 rings (SSSR count). The molecule has 0 unspecified atom stereocenters. The molecule has 2 aromatic rings. The summed E-state index contributed by atoms with van der Waals surface area (Å²) in [4.78, 5) is 12.2. The Morgan fingerprint density at radius 2 is 1.79 bits per heavy atom. The first-order valence-corrected chi connectivity index (χ1v) is 8.18. The third-order valence-electron chi connectivity index (χ3n) is 3.91. The number of fused-ring (bicyclic) bond motifs is 1. The number of nitrogens with one attached hydrogen (secondary N) is 1. The predicted molar refractivity (Wildman–Crippen MR) is 92.0 cm³/mol. The van der Waals surface area contributed by atoms with Crippen molar-refractivity contribution in [3.05, 3.63) is 59.7 Å². The van der Waals surface area contributed by atoms with E-state index in [4.69, 9.17) is 15.2 Å². The number of amides is 1. The van der Waals surface area contributed by atoms with Gasteiger partial charge in [0, 0.05) is 13.0 Å². The normalized spacial score (nSPS) is 14.5. The number of rotatable bonds is 5. The molecule has 0 aliphatic carbocycles. The summed E-state index contributed by atoms with van der Waals surface area (Å²) in [5.74, 6) is 1.32. The van der Waals surface area contributed by atoms with Crippen LogP contribution in [-0.4, -0.2) is 25.2 Å². The van der Waals surface area contributed by atoms with E-state index in [2.05, 4.69) is 5.32 Å². The molecule has 1 aliphatic heterocycles. The average molecular weight is 326 g/mol. The van der Waals surface area contributed by atoms with Crippen LogP contribution in [0.3, 0.4) is 0 Å². The second-order valence-electron chi connectivity index (χ2n) is 5.85. The van der Waals surface area contributed by atoms with Crippen LogP contribution in [0, 0.1) is 0 Å². The topological polar surface area (TPSA) is 73.6 Å². The number of hydrogen-bond donors (Lipinski definition) is 2. The molecule has 5 nitrogen and oxygen atoms in total. The molecule has 0 radical (unpaired) electrons. The van der Waals surface area contributed by atoms with Gasteiger partial charge in [-0.2, -0.15) is 0 Å². The van der Waals surface area contributed by atoms with Gasteiger partial charge in [0.05, 0.1) is 19.3 Å². The van der Waals surface area contributed by atoms with E-state index in [0.29, 0.717) is 26.2 Å². The smallest absolute Gasteiger partial charge is 0.237 e. The minimum atomic E-state index is -0.562. The Balaban J connectivity index is 1.55. The lowest BCUT2D eigenvalue weighted by atomic mass is 10.1. The molecule has 1 atom stereocenters. The van der Waals surface area contributed by atoms with Crippen LogP contribution in [0.4, 0.5) is 0 Å². The lowest BCUT2D eigenvalue weighted by molar-refractivity contribution is -0.122. The summed E-state index contributed by atoms with van der Waals surface area (Å²) in [7, 11) is 0. The number of benzene rings is 2. The average Bonchev–Trinajstić information content (AvgIpc) is 2.85. The SMILES string of the molecule is N[C@@H](Cc1ccccc1)C(=O)NCc1ccc2c(c1)OCCCO2. The first-order valence-electron chi connectivity index (χ1n) is 8.18. The fourth-order valence-corrected chi connectivity index (χ4v) is 2.60. The molecule has 0 saturated carbocycles. The summed E-state index contributed by atoms with van der Waals surface area (Å²) in [6, 6.07) is 14.9. The Labute approximate surface area is 141 Å². The Kier molecular flexibility index (Phi) is 5.33. The highest BCUT2D eigenvalue weighted by molar-refractivity contribution is 5.81. The van der Waals surface area contributed by atoms with E-state index in [-0.39, 0.29) is 5.91 Å². The van der Waals surface area contributed by atoms with Crippen LogP contribution in [0.2, 0.25) is 0 Å². The molecule has 0 aromatic heterocycles. The summed E-state index contributed by atoms with van der Waals surface area (Å²) in [6.07, 6.45) is 1.39. The summed E-state index contributed by atoms with van der Waals surface area (Å²) >= 11 is 0. The van der Waals surface area contributed by atoms with Crippen molar-refractivity contribution in [2.24, 2.45) is 5.73 Å². The molecule has 0 bridgehead atoms. The van der Waals surface area contributed by atoms with Gasteiger partial charge >= 0.3 is 0 Å². The van der Waals surface area contributed by atoms with E-state index in [0.717, 1.165) is 29.0 Å². The monoisotopic (exact) mass is 326 g/mol. The molecule has 24 heavy (non-hydrogen) atoms. The van der Waals surface area contributed by atoms with Crippen molar-refractivity contribution in [3.63, 3.8) is 0 Å². The van der Waals surface area contributed by atoms with Gasteiger partial charge in [-0.15, -0.1) is 0 Å². The fraction of sp³-hybridized carbons (Fsp3) is 0.316. The maximum absolute atomic E-state index is 12.2. The van der Waals surface area contributed by atoms with Crippen molar-refractivity contribution in [3.8, 4) is 11.5 Å². The Bertz CT molecular complexity index is 688. The van der Waals surface area contributed by atoms with Gasteiger partial charge in [-0.1, -0.05) is 36.4 Å². The summed E-state index contributed by atoms with van der Waals surface area (Å²) in [5.41, 5.74) is 8.00. The Morgan fingerprint density at radius 1 is 1.04 bits per heavy atom. The lowest BCUT2D eigenvalue weighted by Gasteiger charge is -2.13. The molecule has 2 aromatic carbocycles. The van der Waals surface area contributed by atoms with Crippen molar-refractivity contribution in [1.82, 2.24) is 5.32 Å². The summed E-state index contributed by atoms with van der Waals surface area (Å²) in [6.45, 7) is 1.72. The number of ether oxygens (including phenoxy) is 2. The fourth-order valence-electron chi connectivity index (χ4n) is 2.60. The van der Waals surface area contributed by atoms with Gasteiger partial charge in [-0.3, -0.25) is 4.79 Å². The summed E-state index contributed by atoms with van der Waals surface area (Å²) < 4.78 is 11.3. The largest absolute Gasteiger partial charge is 0.490 e. The van der Waals surface area contributed by atoms with Gasteiger partial charge in [0.25, 0.3) is 0 Å². The molecule has 0 saturated heterocycles. The molecular weight excluding hydrogens is 304 g/mol. The van der Waals surface area contributed by atoms with Crippen molar-refractivity contribution in [2.45, 2.75) is 25.4 Å². The zero-order valence-corrected chi connectivity index (χ0v) is 13.5. The molecule has 0 fully saturated rings. The van der Waals surface area contributed by atoms with Gasteiger partial charge in [-0.25, -0.2) is 0 Å². The van der Waals surface area contributed by atoms with Crippen LogP contribution in [-0.2, 0) is 17.8 Å². The van der Waals surface area contributed by atoms with Crippen LogP contribution in [0.15, 0.2) is 48.5 Å². The van der Waals surface area contributed by atoms with Crippen molar-refractivity contribution < 1.29 is 14.3 Å².